The van der Waals surface area contributed by atoms with E-state index < -0.39 is 0 Å². The summed E-state index contributed by atoms with van der Waals surface area (Å²) in [5, 5.41) is 6.28. The molecule has 0 heterocycles. The van der Waals surface area contributed by atoms with Gasteiger partial charge >= 0.3 is 0 Å². The summed E-state index contributed by atoms with van der Waals surface area (Å²) in [6.45, 7) is 1.84. The highest BCUT2D eigenvalue weighted by Crippen LogP contribution is 2.40. The molecule has 0 unspecified atom stereocenters. The number of nitrogens with one attached hydrogen (secondary N) is 2. The Bertz CT molecular complexity index is 516. The third kappa shape index (κ3) is 4.21. The Morgan fingerprint density at radius 2 is 1.65 bits per heavy atom. The Balaban J connectivity index is 2.07. The van der Waals surface area contributed by atoms with E-state index in [0.29, 0.717) is 23.3 Å². The van der Waals surface area contributed by atoms with Gasteiger partial charge in [-0.25, -0.2) is 0 Å². The van der Waals surface area contributed by atoms with Crippen molar-refractivity contribution in [1.29, 1.82) is 0 Å². The Morgan fingerprint density at radius 3 is 2.13 bits per heavy atom. The van der Waals surface area contributed by atoms with E-state index in [2.05, 4.69) is 10.6 Å². The van der Waals surface area contributed by atoms with Crippen LogP contribution in [0.5, 0.6) is 17.2 Å². The molecule has 1 aromatic rings. The van der Waals surface area contributed by atoms with Crippen LogP contribution in [0.4, 0.5) is 5.69 Å². The number of anilines is 1. The summed E-state index contributed by atoms with van der Waals surface area (Å²) in [7, 11) is 4.69. The molecule has 1 aliphatic rings. The standard InChI is InChI=1S/C17H26N2O4/c1-11(17(20)19-12-7-5-6-8-12)18-13-9-14(21-2)16(23-4)15(10-13)22-3/h9-12,18H,5-8H2,1-4H3,(H,19,20)/t11-/m1/s1. The molecule has 1 fully saturated rings. The topological polar surface area (TPSA) is 68.8 Å². The number of hydrogen-bond donors (Lipinski definition) is 2. The van der Waals surface area contributed by atoms with Gasteiger partial charge in [-0.05, 0) is 19.8 Å². The van der Waals surface area contributed by atoms with Crippen molar-refractivity contribution in [2.45, 2.75) is 44.7 Å². The minimum Gasteiger partial charge on any atom is -0.493 e. The third-order valence-corrected chi connectivity index (χ3v) is 4.14. The zero-order chi connectivity index (χ0) is 16.8. The molecule has 6 nitrogen and oxygen atoms in total. The summed E-state index contributed by atoms with van der Waals surface area (Å²) in [4.78, 5) is 12.3. The van der Waals surface area contributed by atoms with E-state index in [1.165, 1.54) is 12.8 Å². The van der Waals surface area contributed by atoms with Crippen molar-refractivity contribution in [3.05, 3.63) is 12.1 Å². The molecule has 0 bridgehead atoms. The number of methoxy groups -OCH3 is 3. The van der Waals surface area contributed by atoms with Crippen molar-refractivity contribution in [2.75, 3.05) is 26.6 Å². The molecule has 0 spiro atoms. The van der Waals surface area contributed by atoms with Crippen LogP contribution >= 0.6 is 0 Å². The quantitative estimate of drug-likeness (QED) is 0.807. The first-order valence-corrected chi connectivity index (χ1v) is 7.96. The highest BCUT2D eigenvalue weighted by atomic mass is 16.5. The van der Waals surface area contributed by atoms with Crippen molar-refractivity contribution in [1.82, 2.24) is 5.32 Å². The minimum absolute atomic E-state index is 0.00523. The molecular formula is C17H26N2O4. The molecule has 1 amide bonds. The lowest BCUT2D eigenvalue weighted by molar-refractivity contribution is -0.122. The molecule has 0 saturated heterocycles. The van der Waals surface area contributed by atoms with Crippen molar-refractivity contribution in [3.8, 4) is 17.2 Å². The van der Waals surface area contributed by atoms with Crippen LogP contribution in [0.3, 0.4) is 0 Å². The highest BCUT2D eigenvalue weighted by molar-refractivity contribution is 5.84. The molecule has 1 saturated carbocycles. The van der Waals surface area contributed by atoms with E-state index in [1.54, 1.807) is 33.5 Å². The Labute approximate surface area is 137 Å². The molecule has 0 radical (unpaired) electrons. The monoisotopic (exact) mass is 322 g/mol. The molecule has 2 rings (SSSR count). The molecule has 0 aromatic heterocycles. The fraction of sp³-hybridized carbons (Fsp3) is 0.588. The number of benzene rings is 1. The van der Waals surface area contributed by atoms with Crippen LogP contribution < -0.4 is 24.8 Å². The maximum atomic E-state index is 12.3. The Hall–Kier alpha value is -2.11. The van der Waals surface area contributed by atoms with Crippen LogP contribution in [-0.4, -0.2) is 39.3 Å². The van der Waals surface area contributed by atoms with Crippen molar-refractivity contribution in [3.63, 3.8) is 0 Å². The van der Waals surface area contributed by atoms with Gasteiger partial charge in [-0.3, -0.25) is 4.79 Å². The van der Waals surface area contributed by atoms with Crippen LogP contribution in [0.25, 0.3) is 0 Å². The second-order valence-corrected chi connectivity index (χ2v) is 5.77. The maximum absolute atomic E-state index is 12.3. The second kappa shape index (κ2) is 7.94. The van der Waals surface area contributed by atoms with Gasteiger partial charge in [0.25, 0.3) is 0 Å². The number of hydrogen-bond acceptors (Lipinski definition) is 5. The average molecular weight is 322 g/mol. The molecule has 2 N–H and O–H groups in total. The van der Waals surface area contributed by atoms with Gasteiger partial charge in [-0.2, -0.15) is 0 Å². The molecule has 1 atom stereocenters. The second-order valence-electron chi connectivity index (χ2n) is 5.77. The molecule has 128 valence electrons. The van der Waals surface area contributed by atoms with E-state index in [4.69, 9.17) is 14.2 Å². The van der Waals surface area contributed by atoms with Crippen molar-refractivity contribution < 1.29 is 19.0 Å². The van der Waals surface area contributed by atoms with Gasteiger partial charge in [0, 0.05) is 23.9 Å². The van der Waals surface area contributed by atoms with E-state index in [9.17, 15) is 4.79 Å². The van der Waals surface area contributed by atoms with Gasteiger partial charge in [0.05, 0.1) is 21.3 Å². The van der Waals surface area contributed by atoms with Crippen LogP contribution in [0, 0.1) is 0 Å². The summed E-state index contributed by atoms with van der Waals surface area (Å²) in [5.41, 5.74) is 0.744. The molecular weight excluding hydrogens is 296 g/mol. The first-order chi connectivity index (χ1) is 11.1. The van der Waals surface area contributed by atoms with Crippen molar-refractivity contribution in [2.24, 2.45) is 0 Å². The first-order valence-electron chi connectivity index (χ1n) is 7.96. The Kier molecular flexibility index (Phi) is 5.96. The summed E-state index contributed by atoms with van der Waals surface area (Å²) in [6.07, 6.45) is 4.53. The molecule has 6 heteroatoms. The highest BCUT2D eigenvalue weighted by Gasteiger charge is 2.21. The third-order valence-electron chi connectivity index (χ3n) is 4.14. The lowest BCUT2D eigenvalue weighted by Crippen LogP contribution is -2.42. The SMILES string of the molecule is COc1cc(N[C@H](C)C(=O)NC2CCCC2)cc(OC)c1OC. The van der Waals surface area contributed by atoms with Gasteiger partial charge in [0.1, 0.15) is 6.04 Å². The number of rotatable bonds is 7. The minimum atomic E-state index is -0.349. The van der Waals surface area contributed by atoms with Crippen LogP contribution in [0.15, 0.2) is 12.1 Å². The molecule has 0 aliphatic heterocycles. The van der Waals surface area contributed by atoms with Gasteiger partial charge in [0.2, 0.25) is 11.7 Å². The predicted molar refractivity (Wildman–Crippen MR) is 89.6 cm³/mol. The zero-order valence-corrected chi connectivity index (χ0v) is 14.3. The normalized spacial score (nSPS) is 15.8. The summed E-state index contributed by atoms with van der Waals surface area (Å²) >= 11 is 0. The van der Waals surface area contributed by atoms with Crippen LogP contribution in [-0.2, 0) is 4.79 Å². The number of ether oxygens (including phenoxy) is 3. The van der Waals surface area contributed by atoms with Gasteiger partial charge in [-0.15, -0.1) is 0 Å². The average Bonchev–Trinajstić information content (AvgIpc) is 3.06. The lowest BCUT2D eigenvalue weighted by atomic mass is 10.2. The molecule has 23 heavy (non-hydrogen) atoms. The van der Waals surface area contributed by atoms with E-state index in [0.717, 1.165) is 18.5 Å². The summed E-state index contributed by atoms with van der Waals surface area (Å²) < 4.78 is 15.9. The summed E-state index contributed by atoms with van der Waals surface area (Å²) in [5.74, 6) is 1.64. The van der Waals surface area contributed by atoms with Gasteiger partial charge in [-0.1, -0.05) is 12.8 Å². The van der Waals surface area contributed by atoms with Crippen molar-refractivity contribution >= 4 is 11.6 Å². The van der Waals surface area contributed by atoms with Gasteiger partial charge in [0.15, 0.2) is 11.5 Å². The molecule has 1 aliphatic carbocycles. The number of amides is 1. The van der Waals surface area contributed by atoms with Gasteiger partial charge < -0.3 is 24.8 Å². The number of carbonyl (C=O) groups excluding carboxylic acids is 1. The zero-order valence-electron chi connectivity index (χ0n) is 14.3. The Morgan fingerprint density at radius 1 is 1.09 bits per heavy atom. The predicted octanol–water partition coefficient (Wildman–Crippen LogP) is 2.57. The lowest BCUT2D eigenvalue weighted by Gasteiger charge is -2.20. The van der Waals surface area contributed by atoms with E-state index in [-0.39, 0.29) is 11.9 Å². The van der Waals surface area contributed by atoms with Crippen LogP contribution in [0.2, 0.25) is 0 Å². The smallest absolute Gasteiger partial charge is 0.242 e. The maximum Gasteiger partial charge on any atom is 0.242 e. The van der Waals surface area contributed by atoms with Crippen LogP contribution in [0.1, 0.15) is 32.6 Å². The number of carbonyl (C=O) groups is 1. The fourth-order valence-electron chi connectivity index (χ4n) is 2.88. The largest absolute Gasteiger partial charge is 0.493 e. The first kappa shape index (κ1) is 17.2. The van der Waals surface area contributed by atoms with E-state index >= 15 is 0 Å². The summed E-state index contributed by atoms with van der Waals surface area (Å²) in [6, 6.07) is 3.55. The molecule has 1 aromatic carbocycles. The fourth-order valence-corrected chi connectivity index (χ4v) is 2.88. The van der Waals surface area contributed by atoms with E-state index in [1.807, 2.05) is 6.92 Å².